The molecule has 0 aromatic heterocycles. The second-order valence-corrected chi connectivity index (χ2v) is 5.67. The van der Waals surface area contributed by atoms with Crippen molar-refractivity contribution in [2.45, 2.75) is 13.0 Å². The number of carbonyl (C=O) groups excluding carboxylic acids is 1. The van der Waals surface area contributed by atoms with E-state index in [1.54, 1.807) is 18.2 Å². The van der Waals surface area contributed by atoms with Crippen LogP contribution < -0.4 is 10.1 Å². The summed E-state index contributed by atoms with van der Waals surface area (Å²) in [5.74, 6) is -0.549. The molecule has 0 spiro atoms. The third-order valence-electron chi connectivity index (χ3n) is 2.83. The van der Waals surface area contributed by atoms with Crippen molar-refractivity contribution in [2.75, 3.05) is 5.32 Å². The normalized spacial score (nSPS) is 10.7. The summed E-state index contributed by atoms with van der Waals surface area (Å²) in [6.45, 7) is -2.98. The largest absolute Gasteiger partial charge is 0.433 e. The van der Waals surface area contributed by atoms with Gasteiger partial charge in [-0.3, -0.25) is 4.79 Å². The Bertz CT molecular complexity index is 706. The molecular weight excluding hydrogens is 371 g/mol. The molecule has 1 amide bonds. The Labute approximate surface area is 146 Å². The van der Waals surface area contributed by atoms with Gasteiger partial charge in [0.2, 0.25) is 5.91 Å². The van der Waals surface area contributed by atoms with Crippen LogP contribution in [0.15, 0.2) is 36.4 Å². The van der Waals surface area contributed by atoms with E-state index in [-0.39, 0.29) is 23.1 Å². The van der Waals surface area contributed by atoms with Crippen LogP contribution in [0.3, 0.4) is 0 Å². The summed E-state index contributed by atoms with van der Waals surface area (Å²) in [7, 11) is 0. The number of anilines is 1. The summed E-state index contributed by atoms with van der Waals surface area (Å²) in [4.78, 5) is 12.0. The van der Waals surface area contributed by atoms with Crippen molar-refractivity contribution in [3.8, 4) is 5.75 Å². The number of amides is 1. The fraction of sp³-hybridized carbons (Fsp3) is 0.133. The molecule has 2 aromatic rings. The van der Waals surface area contributed by atoms with Gasteiger partial charge in [-0.25, -0.2) is 0 Å². The second-order valence-electron chi connectivity index (χ2n) is 4.45. The monoisotopic (exact) mass is 379 g/mol. The van der Waals surface area contributed by atoms with E-state index in [1.165, 1.54) is 18.2 Å². The highest BCUT2D eigenvalue weighted by molar-refractivity contribution is 6.36. The average molecular weight is 381 g/mol. The Morgan fingerprint density at radius 1 is 1.09 bits per heavy atom. The zero-order valence-electron chi connectivity index (χ0n) is 11.5. The van der Waals surface area contributed by atoms with Gasteiger partial charge < -0.3 is 10.1 Å². The third-order valence-corrected chi connectivity index (χ3v) is 3.83. The molecule has 0 bridgehead atoms. The minimum atomic E-state index is -2.98. The Kier molecular flexibility index (Phi) is 6.04. The van der Waals surface area contributed by atoms with Gasteiger partial charge in [-0.2, -0.15) is 8.78 Å². The van der Waals surface area contributed by atoms with Crippen LogP contribution in [0.4, 0.5) is 14.5 Å². The Hall–Kier alpha value is -1.56. The molecule has 0 heterocycles. The van der Waals surface area contributed by atoms with Crippen LogP contribution in [0, 0.1) is 0 Å². The Balaban J connectivity index is 2.07. The van der Waals surface area contributed by atoms with Gasteiger partial charge >= 0.3 is 6.61 Å². The van der Waals surface area contributed by atoms with Gasteiger partial charge in [0.1, 0.15) is 5.75 Å². The zero-order valence-corrected chi connectivity index (χ0v) is 13.7. The first-order valence-electron chi connectivity index (χ1n) is 6.34. The van der Waals surface area contributed by atoms with Crippen molar-refractivity contribution >= 4 is 46.4 Å². The molecule has 0 fully saturated rings. The summed E-state index contributed by atoms with van der Waals surface area (Å²) in [5, 5.41) is 3.30. The maximum Gasteiger partial charge on any atom is 0.387 e. The fourth-order valence-electron chi connectivity index (χ4n) is 1.84. The van der Waals surface area contributed by atoms with Crippen molar-refractivity contribution in [3.05, 3.63) is 57.0 Å². The number of nitrogens with one attached hydrogen (secondary N) is 1. The number of ether oxygens (including phenoxy) is 1. The molecule has 0 saturated carbocycles. The van der Waals surface area contributed by atoms with Gasteiger partial charge in [-0.1, -0.05) is 40.9 Å². The lowest BCUT2D eigenvalue weighted by molar-refractivity contribution is -0.115. The lowest BCUT2D eigenvalue weighted by Gasteiger charge is -2.10. The number of benzene rings is 2. The van der Waals surface area contributed by atoms with Gasteiger partial charge in [0.05, 0.1) is 11.4 Å². The maximum absolute atomic E-state index is 12.2. The van der Waals surface area contributed by atoms with E-state index >= 15 is 0 Å². The predicted octanol–water partition coefficient (Wildman–Crippen LogP) is 5.43. The van der Waals surface area contributed by atoms with Crippen LogP contribution >= 0.6 is 34.8 Å². The standard InChI is InChI=1S/C15H10Cl3F2NO2/c16-10-2-1-3-11(17)9(10)7-14(22)21-8-4-5-13(12(18)6-8)23-15(19)20/h1-6,15H,7H2,(H,21,22). The summed E-state index contributed by atoms with van der Waals surface area (Å²) in [6.07, 6.45) is -0.0363. The first-order chi connectivity index (χ1) is 10.9. The van der Waals surface area contributed by atoms with E-state index in [0.29, 0.717) is 21.3 Å². The van der Waals surface area contributed by atoms with Crippen LogP contribution in [-0.4, -0.2) is 12.5 Å². The SMILES string of the molecule is O=C(Cc1c(Cl)cccc1Cl)Nc1ccc(OC(F)F)c(Cl)c1. The molecular formula is C15H10Cl3F2NO2. The number of halogens is 5. The van der Waals surface area contributed by atoms with E-state index < -0.39 is 6.61 Å². The third kappa shape index (κ3) is 4.96. The number of rotatable bonds is 5. The van der Waals surface area contributed by atoms with Gasteiger partial charge in [0.25, 0.3) is 0 Å². The molecule has 23 heavy (non-hydrogen) atoms. The number of hydrogen-bond donors (Lipinski definition) is 1. The number of hydrogen-bond acceptors (Lipinski definition) is 2. The Morgan fingerprint density at radius 2 is 1.74 bits per heavy atom. The van der Waals surface area contributed by atoms with Gasteiger partial charge in [0.15, 0.2) is 0 Å². The highest BCUT2D eigenvalue weighted by Crippen LogP contribution is 2.29. The van der Waals surface area contributed by atoms with Crippen molar-refractivity contribution in [3.63, 3.8) is 0 Å². The minimum Gasteiger partial charge on any atom is -0.433 e. The molecule has 0 atom stereocenters. The van der Waals surface area contributed by atoms with E-state index in [0.717, 1.165) is 0 Å². The van der Waals surface area contributed by atoms with Crippen molar-refractivity contribution in [1.29, 1.82) is 0 Å². The zero-order chi connectivity index (χ0) is 17.0. The second kappa shape index (κ2) is 7.81. The van der Waals surface area contributed by atoms with Crippen LogP contribution in [0.2, 0.25) is 15.1 Å². The summed E-state index contributed by atoms with van der Waals surface area (Å²) in [6, 6.07) is 8.88. The van der Waals surface area contributed by atoms with Gasteiger partial charge in [0, 0.05) is 15.7 Å². The van der Waals surface area contributed by atoms with Gasteiger partial charge in [-0.15, -0.1) is 0 Å². The maximum atomic E-state index is 12.2. The summed E-state index contributed by atoms with van der Waals surface area (Å²) in [5.41, 5.74) is 0.835. The quantitative estimate of drug-likeness (QED) is 0.751. The first-order valence-corrected chi connectivity index (χ1v) is 7.47. The topological polar surface area (TPSA) is 38.3 Å². The Morgan fingerprint density at radius 3 is 2.30 bits per heavy atom. The molecule has 0 aliphatic carbocycles. The van der Waals surface area contributed by atoms with Crippen molar-refractivity contribution in [2.24, 2.45) is 0 Å². The van der Waals surface area contributed by atoms with E-state index in [1.807, 2.05) is 0 Å². The van der Waals surface area contributed by atoms with Crippen LogP contribution in [0.5, 0.6) is 5.75 Å². The highest BCUT2D eigenvalue weighted by Gasteiger charge is 2.13. The number of carbonyl (C=O) groups is 1. The lowest BCUT2D eigenvalue weighted by Crippen LogP contribution is -2.15. The predicted molar refractivity (Wildman–Crippen MR) is 86.9 cm³/mol. The molecule has 0 saturated heterocycles. The molecule has 2 rings (SSSR count). The molecule has 0 radical (unpaired) electrons. The van der Waals surface area contributed by atoms with Crippen LogP contribution in [-0.2, 0) is 11.2 Å². The lowest BCUT2D eigenvalue weighted by atomic mass is 10.1. The molecule has 0 aliphatic heterocycles. The molecule has 122 valence electrons. The fourth-order valence-corrected chi connectivity index (χ4v) is 2.59. The highest BCUT2D eigenvalue weighted by atomic mass is 35.5. The van der Waals surface area contributed by atoms with E-state index in [2.05, 4.69) is 10.1 Å². The first kappa shape index (κ1) is 17.8. The molecule has 3 nitrogen and oxygen atoms in total. The van der Waals surface area contributed by atoms with Crippen molar-refractivity contribution in [1.82, 2.24) is 0 Å². The molecule has 0 aliphatic rings. The molecule has 0 unspecified atom stereocenters. The molecule has 1 N–H and O–H groups in total. The number of alkyl halides is 2. The van der Waals surface area contributed by atoms with Crippen LogP contribution in [0.25, 0.3) is 0 Å². The summed E-state index contributed by atoms with van der Waals surface area (Å²) >= 11 is 17.8. The minimum absolute atomic E-state index is 0.0363. The average Bonchev–Trinajstić information content (AvgIpc) is 2.46. The van der Waals surface area contributed by atoms with E-state index in [4.69, 9.17) is 34.8 Å². The smallest absolute Gasteiger partial charge is 0.387 e. The van der Waals surface area contributed by atoms with Crippen molar-refractivity contribution < 1.29 is 18.3 Å². The van der Waals surface area contributed by atoms with Crippen LogP contribution in [0.1, 0.15) is 5.56 Å². The molecule has 8 heteroatoms. The molecule has 2 aromatic carbocycles. The van der Waals surface area contributed by atoms with Gasteiger partial charge in [-0.05, 0) is 35.9 Å². The summed E-state index contributed by atoms with van der Waals surface area (Å²) < 4.78 is 28.5. The van der Waals surface area contributed by atoms with E-state index in [9.17, 15) is 13.6 Å².